The molecular formula is C9H4F6. The van der Waals surface area contributed by atoms with Crippen molar-refractivity contribution < 1.29 is 26.3 Å². The second kappa shape index (κ2) is 2.90. The Morgan fingerprint density at radius 1 is 0.933 bits per heavy atom. The molecule has 2 aliphatic carbocycles. The van der Waals surface area contributed by atoms with Crippen molar-refractivity contribution in [2.75, 3.05) is 0 Å². The van der Waals surface area contributed by atoms with E-state index in [4.69, 9.17) is 0 Å². The molecule has 2 aliphatic rings. The predicted octanol–water partition coefficient (Wildman–Crippen LogP) is 4.03. The molecular weight excluding hydrogens is 222 g/mol. The maximum atomic E-state index is 13.3. The van der Waals surface area contributed by atoms with E-state index in [-0.39, 0.29) is 0 Å². The molecule has 0 saturated heterocycles. The van der Waals surface area contributed by atoms with Crippen molar-refractivity contribution in [2.24, 2.45) is 0 Å². The van der Waals surface area contributed by atoms with Gasteiger partial charge >= 0.3 is 0 Å². The van der Waals surface area contributed by atoms with E-state index >= 15 is 0 Å². The van der Waals surface area contributed by atoms with Gasteiger partial charge in [0.15, 0.2) is 29.0 Å². The van der Waals surface area contributed by atoms with E-state index in [0.717, 1.165) is 0 Å². The zero-order valence-electron chi connectivity index (χ0n) is 7.18. The lowest BCUT2D eigenvalue weighted by Gasteiger charge is -2.32. The molecule has 0 radical (unpaired) electrons. The van der Waals surface area contributed by atoms with Gasteiger partial charge in [0.25, 0.3) is 0 Å². The number of alkyl halides is 1. The summed E-state index contributed by atoms with van der Waals surface area (Å²) >= 11 is 0. The highest BCUT2D eigenvalue weighted by Gasteiger charge is 2.51. The van der Waals surface area contributed by atoms with Gasteiger partial charge < -0.3 is 0 Å². The number of allylic oxidation sites excluding steroid dienone is 6. The van der Waals surface area contributed by atoms with E-state index in [2.05, 4.69) is 0 Å². The Hall–Kier alpha value is -1.20. The molecule has 0 heterocycles. The third-order valence-corrected chi connectivity index (χ3v) is 2.44. The van der Waals surface area contributed by atoms with Crippen molar-refractivity contribution in [3.8, 4) is 0 Å². The van der Waals surface area contributed by atoms with Gasteiger partial charge in [0.1, 0.15) is 5.83 Å². The van der Waals surface area contributed by atoms with Crippen molar-refractivity contribution in [1.29, 1.82) is 0 Å². The lowest BCUT2D eigenvalue weighted by Crippen LogP contribution is -2.34. The third-order valence-electron chi connectivity index (χ3n) is 2.44. The lowest BCUT2D eigenvalue weighted by atomic mass is 9.80. The fraction of sp³-hybridized carbons (Fsp3) is 0.333. The predicted molar refractivity (Wildman–Crippen MR) is 39.7 cm³/mol. The van der Waals surface area contributed by atoms with E-state index in [0.29, 0.717) is 0 Å². The average molecular weight is 226 g/mol. The SMILES string of the molecule is FC1=C(F)C(F)(CC2=C(F)C(F)=C2F)C1. The number of hydrogen-bond donors (Lipinski definition) is 0. The van der Waals surface area contributed by atoms with Gasteiger partial charge in [-0.25, -0.2) is 26.3 Å². The minimum absolute atomic E-state index is 0.863. The quantitative estimate of drug-likeness (QED) is 0.623. The van der Waals surface area contributed by atoms with Crippen molar-refractivity contribution in [3.63, 3.8) is 0 Å². The van der Waals surface area contributed by atoms with E-state index in [9.17, 15) is 26.3 Å². The van der Waals surface area contributed by atoms with Gasteiger partial charge in [-0.05, 0) is 0 Å². The lowest BCUT2D eigenvalue weighted by molar-refractivity contribution is 0.111. The first-order chi connectivity index (χ1) is 6.87. The Labute approximate surface area is 80.6 Å². The second-order valence-electron chi connectivity index (χ2n) is 3.46. The van der Waals surface area contributed by atoms with Crippen LogP contribution in [0.4, 0.5) is 26.3 Å². The Morgan fingerprint density at radius 2 is 1.53 bits per heavy atom. The maximum absolute atomic E-state index is 13.3. The standard InChI is InChI=1S/C9H4F6/c10-4-2-9(15,8(4)14)1-3-5(11)7(13)6(3)12/h1-2H2. The van der Waals surface area contributed by atoms with Gasteiger partial charge in [-0.2, -0.15) is 0 Å². The molecule has 0 aromatic carbocycles. The van der Waals surface area contributed by atoms with Crippen LogP contribution in [0.15, 0.2) is 34.7 Å². The summed E-state index contributed by atoms with van der Waals surface area (Å²) in [6, 6.07) is 0. The Bertz CT molecular complexity index is 430. The molecule has 0 N–H and O–H groups in total. The summed E-state index contributed by atoms with van der Waals surface area (Å²) in [6.07, 6.45) is -1.89. The molecule has 0 nitrogen and oxygen atoms in total. The first-order valence-corrected chi connectivity index (χ1v) is 4.05. The highest BCUT2D eigenvalue weighted by molar-refractivity contribution is 5.52. The normalized spacial score (nSPS) is 30.8. The van der Waals surface area contributed by atoms with Crippen LogP contribution in [0.25, 0.3) is 0 Å². The molecule has 0 spiro atoms. The van der Waals surface area contributed by atoms with Gasteiger partial charge in [0, 0.05) is 18.4 Å². The molecule has 0 aromatic rings. The van der Waals surface area contributed by atoms with Gasteiger partial charge in [-0.3, -0.25) is 0 Å². The summed E-state index contributed by atoms with van der Waals surface area (Å²) in [6.45, 7) is 0. The molecule has 0 saturated carbocycles. The van der Waals surface area contributed by atoms with E-state index in [1.165, 1.54) is 0 Å². The Balaban J connectivity index is 2.14. The van der Waals surface area contributed by atoms with E-state index < -0.39 is 53.2 Å². The molecule has 0 fully saturated rings. The maximum Gasteiger partial charge on any atom is 0.195 e. The second-order valence-corrected chi connectivity index (χ2v) is 3.46. The topological polar surface area (TPSA) is 0 Å². The van der Waals surface area contributed by atoms with Crippen LogP contribution in [0.3, 0.4) is 0 Å². The summed E-state index contributed by atoms with van der Waals surface area (Å²) in [7, 11) is 0. The van der Waals surface area contributed by atoms with Crippen LogP contribution in [-0.4, -0.2) is 5.67 Å². The van der Waals surface area contributed by atoms with Crippen molar-refractivity contribution in [1.82, 2.24) is 0 Å². The summed E-state index contributed by atoms with van der Waals surface area (Å²) in [5, 5.41) is 0. The monoisotopic (exact) mass is 226 g/mol. The van der Waals surface area contributed by atoms with Crippen LogP contribution in [-0.2, 0) is 0 Å². The highest BCUT2D eigenvalue weighted by atomic mass is 19.2. The van der Waals surface area contributed by atoms with E-state index in [1.54, 1.807) is 0 Å². The van der Waals surface area contributed by atoms with Crippen molar-refractivity contribution in [3.05, 3.63) is 34.7 Å². The molecule has 2 rings (SSSR count). The summed E-state index contributed by atoms with van der Waals surface area (Å²) in [4.78, 5) is 0. The number of hydrogen-bond acceptors (Lipinski definition) is 0. The summed E-state index contributed by atoms with van der Waals surface area (Å²) in [5.74, 6) is -7.68. The smallest absolute Gasteiger partial charge is 0.195 e. The molecule has 15 heavy (non-hydrogen) atoms. The molecule has 0 amide bonds. The van der Waals surface area contributed by atoms with Crippen molar-refractivity contribution >= 4 is 0 Å². The zero-order valence-corrected chi connectivity index (χ0v) is 7.18. The first kappa shape index (κ1) is 10.3. The molecule has 1 atom stereocenters. The van der Waals surface area contributed by atoms with Crippen LogP contribution in [0.1, 0.15) is 12.8 Å². The largest absolute Gasteiger partial charge is 0.235 e. The Morgan fingerprint density at radius 3 is 1.93 bits per heavy atom. The molecule has 82 valence electrons. The van der Waals surface area contributed by atoms with Gasteiger partial charge in [-0.1, -0.05) is 0 Å². The fourth-order valence-corrected chi connectivity index (χ4v) is 1.51. The summed E-state index contributed by atoms with van der Waals surface area (Å²) in [5.41, 5.74) is -3.59. The summed E-state index contributed by atoms with van der Waals surface area (Å²) < 4.78 is 75.4. The van der Waals surface area contributed by atoms with Gasteiger partial charge in [-0.15, -0.1) is 0 Å². The minimum Gasteiger partial charge on any atom is -0.235 e. The van der Waals surface area contributed by atoms with Gasteiger partial charge in [0.2, 0.25) is 0 Å². The molecule has 0 aromatic heterocycles. The number of rotatable bonds is 2. The molecule has 0 bridgehead atoms. The van der Waals surface area contributed by atoms with Crippen LogP contribution < -0.4 is 0 Å². The Kier molecular flexibility index (Phi) is 1.99. The van der Waals surface area contributed by atoms with E-state index in [1.807, 2.05) is 0 Å². The number of halogens is 6. The molecule has 6 heteroatoms. The van der Waals surface area contributed by atoms with Crippen LogP contribution in [0, 0.1) is 0 Å². The minimum atomic E-state index is -2.73. The molecule has 1 unspecified atom stereocenters. The highest BCUT2D eigenvalue weighted by Crippen LogP contribution is 2.51. The molecule has 0 aliphatic heterocycles. The fourth-order valence-electron chi connectivity index (χ4n) is 1.51. The van der Waals surface area contributed by atoms with Crippen LogP contribution in [0.2, 0.25) is 0 Å². The first-order valence-electron chi connectivity index (χ1n) is 4.05. The van der Waals surface area contributed by atoms with Crippen molar-refractivity contribution in [2.45, 2.75) is 18.5 Å². The van der Waals surface area contributed by atoms with Gasteiger partial charge in [0.05, 0.1) is 0 Å². The third kappa shape index (κ3) is 1.23. The zero-order chi connectivity index (χ0) is 11.4. The van der Waals surface area contributed by atoms with Crippen LogP contribution >= 0.6 is 0 Å². The van der Waals surface area contributed by atoms with Crippen LogP contribution in [0.5, 0.6) is 0 Å². The average Bonchev–Trinajstić information content (AvgIpc) is 2.24.